The minimum atomic E-state index is -0.868. The molecule has 0 radical (unpaired) electrons. The van der Waals surface area contributed by atoms with Crippen LogP contribution in [0.5, 0.6) is 0 Å². The highest BCUT2D eigenvalue weighted by molar-refractivity contribution is 8.10. The van der Waals surface area contributed by atoms with Gasteiger partial charge in [-0.25, -0.2) is 0 Å². The van der Waals surface area contributed by atoms with E-state index in [0.29, 0.717) is 23.6 Å². The summed E-state index contributed by atoms with van der Waals surface area (Å²) in [6, 6.07) is 0. The Morgan fingerprint density at radius 2 is 1.17 bits per heavy atom. The lowest BCUT2D eigenvalue weighted by Gasteiger charge is -2.16. The number of rotatable bonds is 8. The van der Waals surface area contributed by atoms with Crippen molar-refractivity contribution < 1.29 is 24.5 Å². The minimum Gasteiger partial charge on any atom is -0.481 e. The third kappa shape index (κ3) is 43.6. The van der Waals surface area contributed by atoms with Crippen molar-refractivity contribution in [2.75, 3.05) is 43.1 Å². The molecule has 0 unspecified atom stereocenters. The molecule has 1 saturated heterocycles. The monoisotopic (exact) mass is 562 g/mol. The van der Waals surface area contributed by atoms with E-state index in [1.807, 2.05) is 27.7 Å². The van der Waals surface area contributed by atoms with Gasteiger partial charge in [0, 0.05) is 17.7 Å². The third-order valence-electron chi connectivity index (χ3n) is 4.17. The molecule has 0 saturated carbocycles. The number of carbonyl (C=O) groups is 2. The molecule has 1 heterocycles. The molecule has 1 aliphatic heterocycles. The van der Waals surface area contributed by atoms with Crippen molar-refractivity contribution in [2.24, 2.45) is 23.7 Å². The van der Waals surface area contributed by atoms with E-state index in [-0.39, 0.29) is 47.6 Å². The van der Waals surface area contributed by atoms with Crippen LogP contribution in [0, 0.1) is 23.7 Å². The molecule has 1 aliphatic rings. The molecular weight excluding hydrogens is 492 g/mol. The van der Waals surface area contributed by atoms with Crippen molar-refractivity contribution in [3.05, 3.63) is 0 Å². The van der Waals surface area contributed by atoms with Crippen LogP contribution in [-0.4, -0.2) is 89.1 Å². The fraction of sp³-hybridized carbons (Fsp3) is 0.862. The van der Waals surface area contributed by atoms with Crippen LogP contribution >= 0.6 is 0 Å². The summed E-state index contributed by atoms with van der Waals surface area (Å²) in [7, 11) is -1.64. The predicted molar refractivity (Wildman–Crippen MR) is 177 cm³/mol. The molecule has 5 nitrogen and oxygen atoms in total. The second kappa shape index (κ2) is 24.8. The Morgan fingerprint density at radius 1 is 0.833 bits per heavy atom. The first kappa shape index (κ1) is 52.0. The van der Waals surface area contributed by atoms with E-state index in [1.54, 1.807) is 13.8 Å². The number of aliphatic hydroxyl groups excluding tert-OH is 1. The lowest BCUT2D eigenvalue weighted by Crippen LogP contribution is -2.28. The summed E-state index contributed by atoms with van der Waals surface area (Å²) >= 11 is 0. The molecule has 0 aromatic rings. The zero-order chi connectivity index (χ0) is 26.4. The molecular formula is C29H70O5S2+2. The van der Waals surface area contributed by atoms with Crippen molar-refractivity contribution in [1.29, 1.82) is 0 Å². The van der Waals surface area contributed by atoms with Gasteiger partial charge in [0.2, 0.25) is 0 Å². The number of carbonyl (C=O) groups excluding carboxylic acids is 1. The first-order valence-electron chi connectivity index (χ1n) is 11.2. The lowest BCUT2D eigenvalue weighted by atomic mass is 10.1. The summed E-state index contributed by atoms with van der Waals surface area (Å²) in [5.74, 6) is 10.2. The van der Waals surface area contributed by atoms with E-state index in [2.05, 4.69) is 50.6 Å². The maximum Gasteiger partial charge on any atom is 0.305 e. The number of ether oxygens (including phenoxy) is 1. The topological polar surface area (TPSA) is 87.1 Å². The van der Waals surface area contributed by atoms with Crippen LogP contribution in [0.25, 0.3) is 0 Å². The molecule has 0 bridgehead atoms. The fourth-order valence-electron chi connectivity index (χ4n) is 1.65. The molecule has 0 aliphatic carbocycles. The van der Waals surface area contributed by atoms with E-state index in [0.717, 1.165) is 18.3 Å². The van der Waals surface area contributed by atoms with Gasteiger partial charge >= 0.3 is 5.97 Å². The van der Waals surface area contributed by atoms with Crippen LogP contribution in [0.4, 0.5) is 0 Å². The summed E-state index contributed by atoms with van der Waals surface area (Å²) in [6.45, 7) is 16.6. The Morgan fingerprint density at radius 3 is 1.22 bits per heavy atom. The number of hydrogen-bond acceptors (Lipinski definition) is 4. The highest BCUT2D eigenvalue weighted by Gasteiger charge is 2.25. The quantitative estimate of drug-likeness (QED) is 0.208. The highest BCUT2D eigenvalue weighted by atomic mass is 32.2. The average molecular weight is 563 g/mol. The van der Waals surface area contributed by atoms with Gasteiger partial charge in [0.25, 0.3) is 0 Å². The molecule has 0 spiro atoms. The number of ketones is 1. The number of hydrogen-bond donors (Lipinski definition) is 2. The van der Waals surface area contributed by atoms with E-state index < -0.39 is 25.2 Å². The Balaban J connectivity index is -0.0000000614. The van der Waals surface area contributed by atoms with Crippen molar-refractivity contribution in [1.82, 2.24) is 0 Å². The second-order valence-electron chi connectivity index (χ2n) is 10.9. The van der Waals surface area contributed by atoms with Gasteiger partial charge in [0.05, 0.1) is 49.8 Å². The van der Waals surface area contributed by atoms with Crippen molar-refractivity contribution in [3.63, 3.8) is 0 Å². The smallest absolute Gasteiger partial charge is 0.305 e. The second-order valence-corrected chi connectivity index (χ2v) is 18.6. The molecule has 1 rings (SSSR count). The summed E-state index contributed by atoms with van der Waals surface area (Å²) in [4.78, 5) is 20.8. The molecule has 2 N–H and O–H groups in total. The number of carboxylic acid groups (broad SMARTS) is 1. The number of carboxylic acids is 1. The van der Waals surface area contributed by atoms with Crippen molar-refractivity contribution in [3.8, 4) is 0 Å². The number of aliphatic hydroxyl groups is 1. The third-order valence-corrected chi connectivity index (χ3v) is 6.47. The van der Waals surface area contributed by atoms with Crippen molar-refractivity contribution in [2.45, 2.75) is 97.3 Å². The SMILES string of the molecule is C.C.C.C.C=[S+](C)(C)CC(=O)C(C)C.C=[S+](C)(C)C[C@H](O)C(C)C.CC(C)C(=O)O.CC(C)[C@@H]1CO1. The van der Waals surface area contributed by atoms with Crippen LogP contribution in [-0.2, 0) is 33.6 Å². The maximum absolute atomic E-state index is 11.1. The number of aliphatic carboxylic acids is 1. The normalized spacial score (nSPS) is 14.5. The predicted octanol–water partition coefficient (Wildman–Crippen LogP) is 6.22. The van der Waals surface area contributed by atoms with Crippen LogP contribution in [0.3, 0.4) is 0 Å². The molecule has 0 aromatic carbocycles. The van der Waals surface area contributed by atoms with E-state index in [9.17, 15) is 14.7 Å². The summed E-state index contributed by atoms with van der Waals surface area (Å²) in [5.41, 5.74) is 0. The number of Topliss-reactive ketones (excluding diaryl/α,β-unsaturated/α-hetero) is 1. The van der Waals surface area contributed by atoms with Crippen molar-refractivity contribution >= 4 is 42.7 Å². The van der Waals surface area contributed by atoms with Crippen LogP contribution in [0.15, 0.2) is 0 Å². The Kier molecular flexibility index (Phi) is 35.9. The van der Waals surface area contributed by atoms with Crippen LogP contribution < -0.4 is 0 Å². The van der Waals surface area contributed by atoms with E-state index in [4.69, 9.17) is 9.84 Å². The average Bonchev–Trinajstić information content (AvgIpc) is 3.38. The zero-order valence-corrected chi connectivity index (χ0v) is 24.6. The summed E-state index contributed by atoms with van der Waals surface area (Å²) in [6.07, 6.45) is 8.81. The fourth-order valence-corrected chi connectivity index (χ4v) is 4.06. The first-order chi connectivity index (χ1) is 14.1. The number of epoxide rings is 1. The highest BCUT2D eigenvalue weighted by Crippen LogP contribution is 2.17. The molecule has 36 heavy (non-hydrogen) atoms. The Labute approximate surface area is 231 Å². The standard InChI is InChI=1S/C8H19OS.C8H17OS.C5H10O.C4H8O2.4CH4/c2*1-7(2)8(9)6-10(3,4)5;1-4(2)5-3-6-5;1-3(2)4(5)6;;;;/h7-9H,3,6H2,1-2,4-5H3;7H,3,6H2,1-2,4-5H3;4-5H,3H2,1-2H3;3H,1-2H3,(H,5,6);4*1H4/q2*+1;;;;;;/t8-;;5-;;;;;/m0.0...../s1. The maximum atomic E-state index is 11.1. The molecule has 1 fully saturated rings. The Bertz CT molecular complexity index is 609. The summed E-state index contributed by atoms with van der Waals surface area (Å²) in [5, 5.41) is 17.4. The van der Waals surface area contributed by atoms with Gasteiger partial charge in [-0.2, -0.15) is 0 Å². The summed E-state index contributed by atoms with van der Waals surface area (Å²) < 4.78 is 4.97. The first-order valence-corrected chi connectivity index (χ1v) is 16.8. The van der Waals surface area contributed by atoms with Gasteiger partial charge in [-0.1, -0.05) is 85.1 Å². The van der Waals surface area contributed by atoms with Crippen LogP contribution in [0.2, 0.25) is 0 Å². The van der Waals surface area contributed by atoms with Gasteiger partial charge in [-0.05, 0) is 11.8 Å². The van der Waals surface area contributed by atoms with E-state index in [1.165, 1.54) is 0 Å². The zero-order valence-electron chi connectivity index (χ0n) is 22.9. The van der Waals surface area contributed by atoms with Gasteiger partial charge in [0.15, 0.2) is 5.78 Å². The molecule has 7 heteroatoms. The van der Waals surface area contributed by atoms with Gasteiger partial charge in [-0.15, -0.1) is 19.2 Å². The molecule has 0 amide bonds. The largest absolute Gasteiger partial charge is 0.481 e. The van der Waals surface area contributed by atoms with Gasteiger partial charge in [0.1, 0.15) is 11.5 Å². The van der Waals surface area contributed by atoms with Crippen LogP contribution in [0.1, 0.15) is 85.1 Å². The van der Waals surface area contributed by atoms with E-state index >= 15 is 0 Å². The lowest BCUT2D eigenvalue weighted by molar-refractivity contribution is -0.140. The molecule has 226 valence electrons. The molecule has 0 aromatic heterocycles. The molecule has 2 atom stereocenters. The van der Waals surface area contributed by atoms with Gasteiger partial charge in [-0.3, -0.25) is 9.59 Å². The Hall–Kier alpha value is -0.500. The minimum absolute atomic E-state index is 0. The van der Waals surface area contributed by atoms with Gasteiger partial charge < -0.3 is 14.9 Å².